The predicted molar refractivity (Wildman–Crippen MR) is 74.4 cm³/mol. The van der Waals surface area contributed by atoms with Crippen LogP contribution in [0.4, 0.5) is 4.39 Å². The Hall–Kier alpha value is -2.56. The topological polar surface area (TPSA) is 56.8 Å². The molecule has 102 valence electrons. The van der Waals surface area contributed by atoms with Gasteiger partial charge in [0.2, 0.25) is 0 Å². The molecule has 3 rings (SSSR count). The molecular weight excluding hydrogens is 291 g/mol. The molecule has 0 fully saturated rings. The van der Waals surface area contributed by atoms with Gasteiger partial charge in [-0.1, -0.05) is 11.6 Å². The summed E-state index contributed by atoms with van der Waals surface area (Å²) < 4.78 is 19.2. The molecule has 5 heteroatoms. The molecule has 0 aliphatic carbocycles. The van der Waals surface area contributed by atoms with Gasteiger partial charge in [0.05, 0.1) is 28.3 Å². The molecule has 1 atom stereocenters. The third-order valence-electron chi connectivity index (χ3n) is 3.36. The monoisotopic (exact) mass is 298 g/mol. The van der Waals surface area contributed by atoms with Crippen molar-refractivity contribution in [2.75, 3.05) is 0 Å². The van der Waals surface area contributed by atoms with E-state index in [0.717, 1.165) is 11.1 Å². The number of nitrogens with zero attached hydrogens (tertiary/aromatic N) is 2. The Bertz CT molecular complexity index is 757. The van der Waals surface area contributed by atoms with E-state index in [4.69, 9.17) is 26.9 Å². The van der Waals surface area contributed by atoms with Gasteiger partial charge in [-0.2, -0.15) is 10.5 Å². The van der Waals surface area contributed by atoms with E-state index in [-0.39, 0.29) is 11.1 Å². The molecule has 2 aromatic carbocycles. The van der Waals surface area contributed by atoms with Crippen molar-refractivity contribution in [2.45, 2.75) is 12.5 Å². The standard InChI is InChI=1S/C16H8ClFN2O/c17-13-4-12-5-15(21-16(12)6-14(13)18)11-2-9(7-19)1-10(3-11)8-20/h1-4,6,15H,5H2. The van der Waals surface area contributed by atoms with Crippen LogP contribution >= 0.6 is 11.6 Å². The van der Waals surface area contributed by atoms with E-state index in [0.29, 0.717) is 23.3 Å². The molecule has 0 amide bonds. The summed E-state index contributed by atoms with van der Waals surface area (Å²) in [7, 11) is 0. The van der Waals surface area contributed by atoms with E-state index in [9.17, 15) is 4.39 Å². The Morgan fingerprint density at radius 2 is 1.76 bits per heavy atom. The van der Waals surface area contributed by atoms with E-state index in [2.05, 4.69) is 0 Å². The zero-order valence-electron chi connectivity index (χ0n) is 10.7. The average molecular weight is 299 g/mol. The lowest BCUT2D eigenvalue weighted by Crippen LogP contribution is -2.04. The van der Waals surface area contributed by atoms with E-state index in [1.807, 2.05) is 12.1 Å². The summed E-state index contributed by atoms with van der Waals surface area (Å²) in [6, 6.07) is 11.7. The molecule has 0 saturated carbocycles. The number of nitriles is 2. The number of fused-ring (bicyclic) bond motifs is 1. The van der Waals surface area contributed by atoms with Gasteiger partial charge in [0.15, 0.2) is 0 Å². The minimum Gasteiger partial charge on any atom is -0.485 e. The first-order valence-electron chi connectivity index (χ1n) is 6.20. The zero-order valence-corrected chi connectivity index (χ0v) is 11.5. The molecule has 1 heterocycles. The second-order valence-electron chi connectivity index (χ2n) is 4.75. The minimum absolute atomic E-state index is 0.0569. The number of halogens is 2. The highest BCUT2D eigenvalue weighted by Crippen LogP contribution is 2.39. The fourth-order valence-corrected chi connectivity index (χ4v) is 2.57. The quantitative estimate of drug-likeness (QED) is 0.802. The third kappa shape index (κ3) is 2.42. The first-order valence-corrected chi connectivity index (χ1v) is 6.58. The van der Waals surface area contributed by atoms with Crippen LogP contribution < -0.4 is 4.74 Å². The van der Waals surface area contributed by atoms with Gasteiger partial charge in [-0.15, -0.1) is 0 Å². The number of hydrogen-bond acceptors (Lipinski definition) is 3. The van der Waals surface area contributed by atoms with E-state index < -0.39 is 5.82 Å². The van der Waals surface area contributed by atoms with Gasteiger partial charge in [0, 0.05) is 12.5 Å². The van der Waals surface area contributed by atoms with Gasteiger partial charge < -0.3 is 4.74 Å². The first kappa shape index (κ1) is 13.4. The van der Waals surface area contributed by atoms with Crippen LogP contribution in [0.25, 0.3) is 0 Å². The summed E-state index contributed by atoms with van der Waals surface area (Å²) >= 11 is 5.76. The molecule has 0 N–H and O–H groups in total. The van der Waals surface area contributed by atoms with Crippen LogP contribution in [0.2, 0.25) is 5.02 Å². The van der Waals surface area contributed by atoms with Crippen molar-refractivity contribution in [1.82, 2.24) is 0 Å². The Kier molecular flexibility index (Phi) is 3.25. The van der Waals surface area contributed by atoms with Gasteiger partial charge >= 0.3 is 0 Å². The van der Waals surface area contributed by atoms with E-state index in [1.54, 1.807) is 18.2 Å². The van der Waals surface area contributed by atoms with Crippen LogP contribution in [-0.2, 0) is 6.42 Å². The van der Waals surface area contributed by atoms with Crippen molar-refractivity contribution in [1.29, 1.82) is 10.5 Å². The highest BCUT2D eigenvalue weighted by molar-refractivity contribution is 6.30. The Morgan fingerprint density at radius 3 is 2.38 bits per heavy atom. The SMILES string of the molecule is N#Cc1cc(C#N)cc(C2Cc3cc(Cl)c(F)cc3O2)c1. The van der Waals surface area contributed by atoms with Gasteiger partial charge in [0.1, 0.15) is 17.7 Å². The van der Waals surface area contributed by atoms with Crippen molar-refractivity contribution in [3.63, 3.8) is 0 Å². The molecule has 3 nitrogen and oxygen atoms in total. The Labute approximate surface area is 125 Å². The maximum absolute atomic E-state index is 13.4. The van der Waals surface area contributed by atoms with Crippen molar-refractivity contribution < 1.29 is 9.13 Å². The summed E-state index contributed by atoms with van der Waals surface area (Å²) in [6.07, 6.45) is 0.174. The van der Waals surface area contributed by atoms with Crippen LogP contribution in [-0.4, -0.2) is 0 Å². The number of ether oxygens (including phenoxy) is 1. The van der Waals surface area contributed by atoms with Crippen LogP contribution in [0.1, 0.15) is 28.4 Å². The molecule has 1 aliphatic rings. The molecule has 0 aromatic heterocycles. The van der Waals surface area contributed by atoms with Crippen LogP contribution in [0, 0.1) is 28.5 Å². The average Bonchev–Trinajstić information content (AvgIpc) is 2.90. The van der Waals surface area contributed by atoms with E-state index in [1.165, 1.54) is 12.1 Å². The second-order valence-corrected chi connectivity index (χ2v) is 5.16. The lowest BCUT2D eigenvalue weighted by molar-refractivity contribution is 0.238. The van der Waals surface area contributed by atoms with Crippen molar-refractivity contribution in [2.24, 2.45) is 0 Å². The summed E-state index contributed by atoms with van der Waals surface area (Å²) in [6.45, 7) is 0. The number of rotatable bonds is 1. The van der Waals surface area contributed by atoms with Crippen molar-refractivity contribution in [3.05, 3.63) is 63.4 Å². The first-order chi connectivity index (χ1) is 10.1. The highest BCUT2D eigenvalue weighted by atomic mass is 35.5. The summed E-state index contributed by atoms with van der Waals surface area (Å²) in [5, 5.41) is 18.1. The molecule has 2 aromatic rings. The van der Waals surface area contributed by atoms with Gasteiger partial charge in [0.25, 0.3) is 0 Å². The molecule has 1 aliphatic heterocycles. The van der Waals surface area contributed by atoms with Crippen molar-refractivity contribution in [3.8, 4) is 17.9 Å². The van der Waals surface area contributed by atoms with E-state index >= 15 is 0 Å². The fraction of sp³-hybridized carbons (Fsp3) is 0.125. The maximum atomic E-state index is 13.4. The van der Waals surface area contributed by atoms with Crippen LogP contribution in [0.5, 0.6) is 5.75 Å². The molecule has 0 bridgehead atoms. The van der Waals surface area contributed by atoms with Gasteiger partial charge in [-0.25, -0.2) is 4.39 Å². The Morgan fingerprint density at radius 1 is 1.10 bits per heavy atom. The Balaban J connectivity index is 1.98. The van der Waals surface area contributed by atoms with Crippen LogP contribution in [0.15, 0.2) is 30.3 Å². The molecule has 21 heavy (non-hydrogen) atoms. The molecule has 0 saturated heterocycles. The molecule has 0 radical (unpaired) electrons. The fourth-order valence-electron chi connectivity index (χ4n) is 2.39. The summed E-state index contributed by atoms with van der Waals surface area (Å²) in [5.41, 5.74) is 2.33. The second kappa shape index (κ2) is 5.09. The van der Waals surface area contributed by atoms with Gasteiger partial charge in [-0.3, -0.25) is 0 Å². The lowest BCUT2D eigenvalue weighted by atomic mass is 9.99. The normalized spacial score (nSPS) is 15.7. The molecule has 1 unspecified atom stereocenters. The molecule has 0 spiro atoms. The van der Waals surface area contributed by atoms with Crippen LogP contribution in [0.3, 0.4) is 0 Å². The van der Waals surface area contributed by atoms with Crippen molar-refractivity contribution >= 4 is 11.6 Å². The number of benzene rings is 2. The minimum atomic E-state index is -0.528. The summed E-state index contributed by atoms with van der Waals surface area (Å²) in [4.78, 5) is 0. The van der Waals surface area contributed by atoms with Gasteiger partial charge in [-0.05, 0) is 35.4 Å². The smallest absolute Gasteiger partial charge is 0.145 e. The predicted octanol–water partition coefficient (Wildman–Crippen LogP) is 3.90. The third-order valence-corrected chi connectivity index (χ3v) is 3.65. The lowest BCUT2D eigenvalue weighted by Gasteiger charge is -2.11. The molecular formula is C16H8ClFN2O. The maximum Gasteiger partial charge on any atom is 0.145 e. The number of hydrogen-bond donors (Lipinski definition) is 0. The summed E-state index contributed by atoms with van der Waals surface area (Å²) in [5.74, 6) is -0.0812. The highest BCUT2D eigenvalue weighted by Gasteiger charge is 2.26. The largest absolute Gasteiger partial charge is 0.485 e. The zero-order chi connectivity index (χ0) is 15.0.